The number of anilines is 1. The maximum absolute atomic E-state index is 12.3. The highest BCUT2D eigenvalue weighted by Gasteiger charge is 2.24. The molecule has 0 unspecified atom stereocenters. The second-order valence-corrected chi connectivity index (χ2v) is 6.92. The third-order valence-corrected chi connectivity index (χ3v) is 5.41. The van der Waals surface area contributed by atoms with Crippen LogP contribution in [0.3, 0.4) is 0 Å². The first-order valence-electron chi connectivity index (χ1n) is 7.07. The minimum atomic E-state index is -0.115. The van der Waals surface area contributed by atoms with E-state index in [4.69, 9.17) is 0 Å². The van der Waals surface area contributed by atoms with E-state index in [1.54, 1.807) is 16.2 Å². The van der Waals surface area contributed by atoms with Gasteiger partial charge in [-0.1, -0.05) is 6.07 Å². The first-order chi connectivity index (χ1) is 10.7. The third kappa shape index (κ3) is 3.03. The molecule has 22 heavy (non-hydrogen) atoms. The van der Waals surface area contributed by atoms with E-state index in [0.717, 1.165) is 15.5 Å². The summed E-state index contributed by atoms with van der Waals surface area (Å²) < 4.78 is 0. The van der Waals surface area contributed by atoms with Gasteiger partial charge in [-0.3, -0.25) is 9.59 Å². The van der Waals surface area contributed by atoms with Crippen LogP contribution in [0, 0.1) is 0 Å². The Hall–Kier alpha value is -1.79. The van der Waals surface area contributed by atoms with Crippen molar-refractivity contribution in [1.29, 1.82) is 0 Å². The summed E-state index contributed by atoms with van der Waals surface area (Å²) in [6.45, 7) is 3.09. The largest absolute Gasteiger partial charge is 0.347 e. The molecule has 1 aromatic carbocycles. The third-order valence-electron chi connectivity index (χ3n) is 3.48. The first-order valence-corrected chi connectivity index (χ1v) is 8.93. The van der Waals surface area contributed by atoms with Crippen molar-refractivity contribution in [2.24, 2.45) is 0 Å². The first kappa shape index (κ1) is 15.1. The maximum Gasteiger partial charge on any atom is 0.251 e. The molecule has 6 heteroatoms. The normalized spacial score (nSPS) is 13.9. The molecular formula is C16H16N2O2S2. The van der Waals surface area contributed by atoms with Crippen LogP contribution in [0.4, 0.5) is 5.69 Å². The molecule has 0 atom stereocenters. The van der Waals surface area contributed by atoms with Crippen LogP contribution in [0.5, 0.6) is 0 Å². The van der Waals surface area contributed by atoms with Gasteiger partial charge in [0, 0.05) is 21.9 Å². The van der Waals surface area contributed by atoms with Crippen molar-refractivity contribution in [2.75, 3.05) is 17.2 Å². The van der Waals surface area contributed by atoms with E-state index in [-0.39, 0.29) is 11.8 Å². The summed E-state index contributed by atoms with van der Waals surface area (Å²) >= 11 is 3.14. The van der Waals surface area contributed by atoms with Gasteiger partial charge >= 0.3 is 0 Å². The molecule has 2 amide bonds. The average molecular weight is 332 g/mol. The molecular weight excluding hydrogens is 316 g/mol. The van der Waals surface area contributed by atoms with Crippen LogP contribution < -0.4 is 10.2 Å². The number of hydrogen-bond donors (Lipinski definition) is 1. The number of thiophene rings is 1. The second kappa shape index (κ2) is 6.54. The Morgan fingerprint density at radius 2 is 2.23 bits per heavy atom. The molecule has 2 aromatic rings. The van der Waals surface area contributed by atoms with Crippen LogP contribution in [0.15, 0.2) is 40.6 Å². The van der Waals surface area contributed by atoms with Crippen molar-refractivity contribution in [3.05, 3.63) is 46.2 Å². The fraction of sp³-hybridized carbons (Fsp3) is 0.250. The molecule has 0 spiro atoms. The Balaban J connectivity index is 1.78. The van der Waals surface area contributed by atoms with Gasteiger partial charge in [0.05, 0.1) is 18.0 Å². The summed E-state index contributed by atoms with van der Waals surface area (Å²) in [6.07, 6.45) is 0. The van der Waals surface area contributed by atoms with Crippen molar-refractivity contribution < 1.29 is 9.59 Å². The van der Waals surface area contributed by atoms with Gasteiger partial charge < -0.3 is 10.2 Å². The highest BCUT2D eigenvalue weighted by Crippen LogP contribution is 2.35. The lowest BCUT2D eigenvalue weighted by Crippen LogP contribution is -2.35. The molecule has 4 nitrogen and oxygen atoms in total. The Kier molecular flexibility index (Phi) is 4.49. The summed E-state index contributed by atoms with van der Waals surface area (Å²) in [5.41, 5.74) is 1.43. The molecule has 1 aliphatic rings. The standard InChI is InChI=1S/C16H16N2O2S2/c1-2-18-13-8-11(5-6-14(13)22-10-15(18)19)16(20)17-9-12-4-3-7-21-12/h3-8H,2,9-10H2,1H3,(H,17,20). The van der Waals surface area contributed by atoms with Crippen LogP contribution in [-0.4, -0.2) is 24.1 Å². The molecule has 114 valence electrons. The number of nitrogens with zero attached hydrogens (tertiary/aromatic N) is 1. The van der Waals surface area contributed by atoms with Crippen molar-refractivity contribution >= 4 is 40.6 Å². The molecule has 0 fully saturated rings. The number of carbonyl (C=O) groups is 2. The van der Waals surface area contributed by atoms with Gasteiger partial charge in [0.25, 0.3) is 5.91 Å². The monoisotopic (exact) mass is 332 g/mol. The van der Waals surface area contributed by atoms with Gasteiger partial charge in [-0.05, 0) is 36.6 Å². The van der Waals surface area contributed by atoms with Crippen LogP contribution >= 0.6 is 23.1 Å². The Morgan fingerprint density at radius 1 is 1.36 bits per heavy atom. The molecule has 0 radical (unpaired) electrons. The summed E-state index contributed by atoms with van der Waals surface area (Å²) in [6, 6.07) is 9.51. The molecule has 2 heterocycles. The zero-order valence-corrected chi connectivity index (χ0v) is 13.8. The topological polar surface area (TPSA) is 49.4 Å². The van der Waals surface area contributed by atoms with Crippen molar-refractivity contribution in [3.63, 3.8) is 0 Å². The lowest BCUT2D eigenvalue weighted by Gasteiger charge is -2.28. The highest BCUT2D eigenvalue weighted by molar-refractivity contribution is 8.00. The van der Waals surface area contributed by atoms with Crippen molar-refractivity contribution in [2.45, 2.75) is 18.4 Å². The average Bonchev–Trinajstić information content (AvgIpc) is 3.05. The molecule has 0 bridgehead atoms. The number of benzene rings is 1. The summed E-state index contributed by atoms with van der Waals surface area (Å²) in [5.74, 6) is 0.441. The minimum Gasteiger partial charge on any atom is -0.347 e. The van der Waals surface area contributed by atoms with E-state index in [2.05, 4.69) is 5.32 Å². The Labute approximate surface area is 137 Å². The van der Waals surface area contributed by atoms with Crippen molar-refractivity contribution in [1.82, 2.24) is 5.32 Å². The number of rotatable bonds is 4. The number of fused-ring (bicyclic) bond motifs is 1. The molecule has 0 saturated heterocycles. The van der Waals surface area contributed by atoms with Gasteiger partial charge in [-0.25, -0.2) is 0 Å². The summed E-state index contributed by atoms with van der Waals surface area (Å²) in [4.78, 5) is 28.1. The number of amides is 2. The maximum atomic E-state index is 12.3. The zero-order valence-electron chi connectivity index (χ0n) is 12.2. The van der Waals surface area contributed by atoms with Crippen molar-refractivity contribution in [3.8, 4) is 0 Å². The van der Waals surface area contributed by atoms with Crippen LogP contribution in [0.25, 0.3) is 0 Å². The molecule has 1 N–H and O–H groups in total. The number of hydrogen-bond acceptors (Lipinski definition) is 4. The summed E-state index contributed by atoms with van der Waals surface area (Å²) in [5, 5.41) is 4.90. The van der Waals surface area contributed by atoms with Gasteiger partial charge in [-0.2, -0.15) is 0 Å². The number of thioether (sulfide) groups is 1. The van der Waals surface area contributed by atoms with Gasteiger partial charge in [0.1, 0.15) is 0 Å². The SMILES string of the molecule is CCN1C(=O)CSc2ccc(C(=O)NCc3cccs3)cc21. The Morgan fingerprint density at radius 3 is 2.95 bits per heavy atom. The lowest BCUT2D eigenvalue weighted by molar-refractivity contribution is -0.116. The second-order valence-electron chi connectivity index (χ2n) is 4.87. The van der Waals surface area contributed by atoms with E-state index in [0.29, 0.717) is 24.4 Å². The van der Waals surface area contributed by atoms with E-state index in [1.807, 2.05) is 42.6 Å². The summed E-state index contributed by atoms with van der Waals surface area (Å²) in [7, 11) is 0. The lowest BCUT2D eigenvalue weighted by atomic mass is 10.1. The quantitative estimate of drug-likeness (QED) is 0.936. The van der Waals surface area contributed by atoms with Gasteiger partial charge in [0.2, 0.25) is 5.91 Å². The smallest absolute Gasteiger partial charge is 0.251 e. The zero-order chi connectivity index (χ0) is 15.5. The predicted molar refractivity (Wildman–Crippen MR) is 90.7 cm³/mol. The van der Waals surface area contributed by atoms with Gasteiger partial charge in [0.15, 0.2) is 0 Å². The fourth-order valence-corrected chi connectivity index (χ4v) is 3.93. The van der Waals surface area contributed by atoms with Crippen LogP contribution in [0.2, 0.25) is 0 Å². The fourth-order valence-electron chi connectivity index (χ4n) is 2.37. The minimum absolute atomic E-state index is 0.0937. The van der Waals surface area contributed by atoms with Gasteiger partial charge in [-0.15, -0.1) is 23.1 Å². The highest BCUT2D eigenvalue weighted by atomic mass is 32.2. The number of carbonyl (C=O) groups excluding carboxylic acids is 2. The molecule has 1 aliphatic heterocycles. The molecule has 1 aromatic heterocycles. The molecule has 0 aliphatic carbocycles. The van der Waals surface area contributed by atoms with E-state index in [1.165, 1.54) is 11.8 Å². The molecule has 3 rings (SSSR count). The Bertz CT molecular complexity index is 698. The van der Waals surface area contributed by atoms with E-state index < -0.39 is 0 Å². The predicted octanol–water partition coefficient (Wildman–Crippen LogP) is 3.14. The molecule has 0 saturated carbocycles. The van der Waals surface area contributed by atoms with Crippen LogP contribution in [0.1, 0.15) is 22.2 Å². The van der Waals surface area contributed by atoms with Crippen LogP contribution in [-0.2, 0) is 11.3 Å². The van der Waals surface area contributed by atoms with E-state index >= 15 is 0 Å². The number of nitrogens with one attached hydrogen (secondary N) is 1. The van der Waals surface area contributed by atoms with E-state index in [9.17, 15) is 9.59 Å².